The molecule has 0 aliphatic carbocycles. The molecule has 2 atom stereocenters. The number of hydrogen-bond acceptors (Lipinski definition) is 4. The fourth-order valence-electron chi connectivity index (χ4n) is 5.40. The molecular formula is C34H42N2O3. The van der Waals surface area contributed by atoms with Crippen molar-refractivity contribution in [1.29, 1.82) is 5.41 Å². The molecule has 0 radical (unpaired) electrons. The van der Waals surface area contributed by atoms with Gasteiger partial charge in [0.15, 0.2) is 5.78 Å². The van der Waals surface area contributed by atoms with Crippen molar-refractivity contribution in [3.8, 4) is 5.75 Å². The number of benzene rings is 3. The molecule has 5 nitrogen and oxygen atoms in total. The van der Waals surface area contributed by atoms with Crippen LogP contribution in [0, 0.1) is 11.3 Å². The maximum absolute atomic E-state index is 13.7. The zero-order valence-electron chi connectivity index (χ0n) is 24.1. The first kappa shape index (κ1) is 28.6. The minimum atomic E-state index is -0.319. The number of phenolic OH excluding ortho intramolecular Hbond substituents is 1. The molecule has 1 saturated heterocycles. The second-order valence-corrected chi connectivity index (χ2v) is 12.8. The van der Waals surface area contributed by atoms with Crippen LogP contribution in [0.5, 0.6) is 5.75 Å². The smallest absolute Gasteiger partial charge is 0.182 e. The van der Waals surface area contributed by atoms with E-state index in [-0.39, 0.29) is 40.7 Å². The minimum Gasteiger partial charge on any atom is -0.507 e. The Kier molecular flexibility index (Phi) is 8.31. The van der Waals surface area contributed by atoms with E-state index >= 15 is 0 Å². The van der Waals surface area contributed by atoms with Gasteiger partial charge in [0, 0.05) is 35.1 Å². The molecular weight excluding hydrogens is 484 g/mol. The van der Waals surface area contributed by atoms with Crippen LogP contribution in [0.3, 0.4) is 0 Å². The van der Waals surface area contributed by atoms with E-state index in [0.717, 1.165) is 22.3 Å². The highest BCUT2D eigenvalue weighted by Crippen LogP contribution is 2.40. The second kappa shape index (κ2) is 11.4. The van der Waals surface area contributed by atoms with Gasteiger partial charge in [-0.2, -0.15) is 0 Å². The van der Waals surface area contributed by atoms with E-state index in [1.165, 1.54) is 0 Å². The van der Waals surface area contributed by atoms with E-state index in [0.29, 0.717) is 31.2 Å². The number of nitrogens with zero attached hydrogens (tertiary/aromatic N) is 1. The van der Waals surface area contributed by atoms with Crippen molar-refractivity contribution in [2.24, 2.45) is 5.92 Å². The van der Waals surface area contributed by atoms with E-state index < -0.39 is 0 Å². The molecule has 1 aliphatic rings. The lowest BCUT2D eigenvalue weighted by molar-refractivity contribution is 0.0826. The van der Waals surface area contributed by atoms with Crippen LogP contribution in [0.1, 0.15) is 80.1 Å². The average molecular weight is 527 g/mol. The van der Waals surface area contributed by atoms with Gasteiger partial charge in [-0.15, -0.1) is 0 Å². The second-order valence-electron chi connectivity index (χ2n) is 12.8. The summed E-state index contributed by atoms with van der Waals surface area (Å²) in [5.41, 5.74) is 3.66. The molecule has 0 amide bonds. The molecule has 0 bridgehead atoms. The molecule has 0 aromatic heterocycles. The standard InChI is InChI=1S/C34H42N2O3/c1-33(2,3)27-17-25(18-28(31(27)38)34(4,5)6)29(37)20-36-19-26(22-39-21-23-13-9-7-10-14-23)30(32(36)35)24-15-11-8-12-16-24/h7-18,26,30,35,38H,19-22H2,1-6H3/t26-,30-/m1/s1. The number of carbonyl (C=O) groups is 1. The van der Waals surface area contributed by atoms with Gasteiger partial charge >= 0.3 is 0 Å². The molecule has 1 aliphatic heterocycles. The number of likely N-dealkylation sites (tertiary alicyclic amines) is 1. The number of phenols is 1. The predicted octanol–water partition coefficient (Wildman–Crippen LogP) is 7.08. The SMILES string of the molecule is CC(C)(C)c1cc(C(=O)CN2C[C@H](COCc3ccccc3)[C@@H](c3ccccc3)C2=N)cc(C(C)(C)C)c1O. The van der Waals surface area contributed by atoms with Gasteiger partial charge in [-0.3, -0.25) is 10.2 Å². The number of carbonyl (C=O) groups excluding carboxylic acids is 1. The zero-order chi connectivity index (χ0) is 28.4. The molecule has 0 saturated carbocycles. The molecule has 1 heterocycles. The molecule has 4 rings (SSSR count). The van der Waals surface area contributed by atoms with Crippen LogP contribution < -0.4 is 0 Å². The first-order valence-corrected chi connectivity index (χ1v) is 13.8. The van der Waals surface area contributed by atoms with E-state index in [1.54, 1.807) is 0 Å². The van der Waals surface area contributed by atoms with Crippen molar-refractivity contribution in [1.82, 2.24) is 4.90 Å². The molecule has 3 aromatic carbocycles. The summed E-state index contributed by atoms with van der Waals surface area (Å²) < 4.78 is 6.13. The summed E-state index contributed by atoms with van der Waals surface area (Å²) >= 11 is 0. The maximum Gasteiger partial charge on any atom is 0.182 e. The van der Waals surface area contributed by atoms with Gasteiger partial charge in [0.1, 0.15) is 11.6 Å². The van der Waals surface area contributed by atoms with Gasteiger partial charge in [0.2, 0.25) is 0 Å². The van der Waals surface area contributed by atoms with Gasteiger partial charge in [0.05, 0.1) is 19.8 Å². The number of nitrogens with one attached hydrogen (secondary N) is 1. The molecule has 0 spiro atoms. The zero-order valence-corrected chi connectivity index (χ0v) is 24.1. The quantitative estimate of drug-likeness (QED) is 0.308. The predicted molar refractivity (Wildman–Crippen MR) is 158 cm³/mol. The van der Waals surface area contributed by atoms with Crippen LogP contribution in [0.4, 0.5) is 0 Å². The van der Waals surface area contributed by atoms with E-state index in [2.05, 4.69) is 12.1 Å². The van der Waals surface area contributed by atoms with E-state index in [1.807, 2.05) is 107 Å². The summed E-state index contributed by atoms with van der Waals surface area (Å²) in [4.78, 5) is 15.6. The van der Waals surface area contributed by atoms with E-state index in [9.17, 15) is 9.90 Å². The van der Waals surface area contributed by atoms with Crippen LogP contribution in [-0.2, 0) is 22.2 Å². The number of hydrogen-bond donors (Lipinski definition) is 2. The summed E-state index contributed by atoms with van der Waals surface area (Å²) in [5.74, 6) is 0.596. The van der Waals surface area contributed by atoms with Crippen molar-refractivity contribution in [3.05, 3.63) is 101 Å². The highest BCUT2D eigenvalue weighted by Gasteiger charge is 2.39. The Balaban J connectivity index is 1.57. The summed E-state index contributed by atoms with van der Waals surface area (Å²) in [6.45, 7) is 14.0. The Morgan fingerprint density at radius 1 is 0.923 bits per heavy atom. The van der Waals surface area contributed by atoms with Crippen LogP contribution in [0.25, 0.3) is 0 Å². The Labute approximate surface area is 233 Å². The number of aromatic hydroxyl groups is 1. The molecule has 3 aromatic rings. The highest BCUT2D eigenvalue weighted by molar-refractivity contribution is 6.01. The molecule has 206 valence electrons. The monoisotopic (exact) mass is 526 g/mol. The van der Waals surface area contributed by atoms with Crippen molar-refractivity contribution < 1.29 is 14.6 Å². The van der Waals surface area contributed by atoms with Gasteiger partial charge < -0.3 is 14.7 Å². The third kappa shape index (κ3) is 6.59. The fraction of sp³-hybridized carbons (Fsp3) is 0.412. The lowest BCUT2D eigenvalue weighted by Crippen LogP contribution is -2.32. The third-order valence-corrected chi connectivity index (χ3v) is 7.55. The molecule has 5 heteroatoms. The van der Waals surface area contributed by atoms with Gasteiger partial charge in [0.25, 0.3) is 0 Å². The topological polar surface area (TPSA) is 73.6 Å². The lowest BCUT2D eigenvalue weighted by atomic mass is 9.78. The lowest BCUT2D eigenvalue weighted by Gasteiger charge is -2.28. The molecule has 39 heavy (non-hydrogen) atoms. The number of ether oxygens (including phenoxy) is 1. The molecule has 2 N–H and O–H groups in total. The normalized spacial score (nSPS) is 18.0. The summed E-state index contributed by atoms with van der Waals surface area (Å²) in [6, 6.07) is 23.8. The Morgan fingerprint density at radius 2 is 1.46 bits per heavy atom. The number of ketones is 1. The largest absolute Gasteiger partial charge is 0.507 e. The van der Waals surface area contributed by atoms with Crippen LogP contribution in [0.2, 0.25) is 0 Å². The number of Topliss-reactive ketones (excluding diaryl/α,β-unsaturated/α-hetero) is 1. The van der Waals surface area contributed by atoms with Crippen LogP contribution in [-0.4, -0.2) is 41.3 Å². The van der Waals surface area contributed by atoms with Crippen LogP contribution in [0.15, 0.2) is 72.8 Å². The summed E-state index contributed by atoms with van der Waals surface area (Å²) in [6.07, 6.45) is 0. The number of rotatable bonds is 8. The number of amidine groups is 1. The van der Waals surface area contributed by atoms with Crippen molar-refractivity contribution in [2.75, 3.05) is 19.7 Å². The first-order chi connectivity index (χ1) is 18.4. The Morgan fingerprint density at radius 3 is 2.00 bits per heavy atom. The van der Waals surface area contributed by atoms with Gasteiger partial charge in [-0.05, 0) is 34.1 Å². The van der Waals surface area contributed by atoms with E-state index in [4.69, 9.17) is 10.1 Å². The maximum atomic E-state index is 13.7. The summed E-state index contributed by atoms with van der Waals surface area (Å²) in [5, 5.41) is 20.2. The highest BCUT2D eigenvalue weighted by atomic mass is 16.5. The third-order valence-electron chi connectivity index (χ3n) is 7.55. The van der Waals surface area contributed by atoms with Crippen molar-refractivity contribution in [3.63, 3.8) is 0 Å². The van der Waals surface area contributed by atoms with Crippen LogP contribution >= 0.6 is 0 Å². The Hall–Kier alpha value is -3.44. The van der Waals surface area contributed by atoms with Gasteiger partial charge in [-0.1, -0.05) is 102 Å². The summed E-state index contributed by atoms with van der Waals surface area (Å²) in [7, 11) is 0. The first-order valence-electron chi connectivity index (χ1n) is 13.8. The average Bonchev–Trinajstić information content (AvgIpc) is 3.18. The van der Waals surface area contributed by atoms with Gasteiger partial charge in [-0.25, -0.2) is 0 Å². The minimum absolute atomic E-state index is 0.0478. The Bertz CT molecular complexity index is 1270. The van der Waals surface area contributed by atoms with Crippen molar-refractivity contribution in [2.45, 2.75) is 64.9 Å². The fourth-order valence-corrected chi connectivity index (χ4v) is 5.40. The van der Waals surface area contributed by atoms with Crippen molar-refractivity contribution >= 4 is 11.6 Å². The molecule has 0 unspecified atom stereocenters. The molecule has 1 fully saturated rings.